The molecule has 1 nitrogen and oxygen atoms in total. The first-order valence-corrected chi connectivity index (χ1v) is 17.6. The predicted molar refractivity (Wildman–Crippen MR) is 196 cm³/mol. The topological polar surface area (TPSA) is 12.0 Å². The molecule has 47 heavy (non-hydrogen) atoms. The molecule has 0 heterocycles. The van der Waals surface area contributed by atoms with Gasteiger partial charge in [0.05, 0.1) is 0 Å². The molecule has 4 bridgehead atoms. The summed E-state index contributed by atoms with van der Waals surface area (Å²) >= 11 is 0. The number of hydrogen-bond acceptors (Lipinski definition) is 1. The number of rotatable bonds is 5. The fraction of sp³-hybridized carbons (Fsp3) is 0.217. The Balaban J connectivity index is 1.10. The molecule has 4 fully saturated rings. The van der Waals surface area contributed by atoms with Gasteiger partial charge < -0.3 is 5.32 Å². The van der Waals surface area contributed by atoms with E-state index in [1.165, 1.54) is 76.6 Å². The second-order valence-electron chi connectivity index (χ2n) is 14.6. The number of para-hydroxylation sites is 1. The Bertz CT molecular complexity index is 2090. The van der Waals surface area contributed by atoms with Gasteiger partial charge in [-0.3, -0.25) is 0 Å². The summed E-state index contributed by atoms with van der Waals surface area (Å²) in [6.45, 7) is 0. The first kappa shape index (κ1) is 27.3. The predicted octanol–water partition coefficient (Wildman–Crippen LogP) is 12.2. The normalized spacial score (nSPS) is 24.7. The third kappa shape index (κ3) is 4.08. The average Bonchev–Trinajstić information content (AvgIpc) is 3.42. The van der Waals surface area contributed by atoms with Crippen molar-refractivity contribution in [3.05, 3.63) is 157 Å². The fourth-order valence-electron chi connectivity index (χ4n) is 10.7. The molecule has 4 saturated carbocycles. The molecule has 0 saturated heterocycles. The Morgan fingerprint density at radius 3 is 1.62 bits per heavy atom. The Labute approximate surface area is 278 Å². The quantitative estimate of drug-likeness (QED) is 0.206. The van der Waals surface area contributed by atoms with Gasteiger partial charge >= 0.3 is 0 Å². The van der Waals surface area contributed by atoms with Crippen LogP contribution in [0.25, 0.3) is 44.5 Å². The highest BCUT2D eigenvalue weighted by atomic mass is 14.9. The number of hydrogen-bond donors (Lipinski definition) is 1. The molecule has 0 aliphatic heterocycles. The van der Waals surface area contributed by atoms with Crippen molar-refractivity contribution < 1.29 is 0 Å². The van der Waals surface area contributed by atoms with Gasteiger partial charge in [0.2, 0.25) is 0 Å². The van der Waals surface area contributed by atoms with E-state index >= 15 is 0 Å². The Kier molecular flexibility index (Phi) is 6.13. The number of nitrogens with one attached hydrogen (secondary N) is 1. The van der Waals surface area contributed by atoms with Crippen LogP contribution >= 0.6 is 0 Å². The second kappa shape index (κ2) is 10.6. The highest BCUT2D eigenvalue weighted by molar-refractivity contribution is 5.96. The molecule has 0 unspecified atom stereocenters. The lowest BCUT2D eigenvalue weighted by molar-refractivity contribution is -0.0397. The fourth-order valence-corrected chi connectivity index (χ4v) is 10.7. The molecule has 5 aliphatic rings. The zero-order valence-electron chi connectivity index (χ0n) is 26.7. The van der Waals surface area contributed by atoms with Crippen LogP contribution in [-0.4, -0.2) is 0 Å². The summed E-state index contributed by atoms with van der Waals surface area (Å²) in [4.78, 5) is 0. The highest BCUT2D eigenvalue weighted by Crippen LogP contribution is 2.70. The van der Waals surface area contributed by atoms with Crippen LogP contribution in [0.3, 0.4) is 0 Å². The highest BCUT2D eigenvalue weighted by Gasteiger charge is 2.62. The molecule has 0 amide bonds. The maximum Gasteiger partial charge on any atom is 0.0464 e. The maximum absolute atomic E-state index is 3.79. The Hall–Kier alpha value is -4.88. The molecule has 5 aliphatic carbocycles. The molecular weight excluding hydrogens is 567 g/mol. The van der Waals surface area contributed by atoms with Gasteiger partial charge in [-0.1, -0.05) is 127 Å². The smallest absolute Gasteiger partial charge is 0.0464 e. The van der Waals surface area contributed by atoms with Gasteiger partial charge in [0.1, 0.15) is 0 Å². The van der Waals surface area contributed by atoms with Crippen molar-refractivity contribution in [2.75, 3.05) is 5.32 Å². The van der Waals surface area contributed by atoms with E-state index in [0.717, 1.165) is 35.0 Å². The minimum atomic E-state index is 0.126. The molecule has 1 spiro atoms. The van der Waals surface area contributed by atoms with Crippen LogP contribution < -0.4 is 5.32 Å². The summed E-state index contributed by atoms with van der Waals surface area (Å²) in [5.74, 6) is 3.33. The lowest BCUT2D eigenvalue weighted by Gasteiger charge is -2.61. The van der Waals surface area contributed by atoms with Gasteiger partial charge in [0.25, 0.3) is 0 Å². The summed E-state index contributed by atoms with van der Waals surface area (Å²) in [5.41, 5.74) is 16.3. The van der Waals surface area contributed by atoms with E-state index in [2.05, 4.69) is 151 Å². The average molecular weight is 606 g/mol. The van der Waals surface area contributed by atoms with Crippen molar-refractivity contribution in [1.82, 2.24) is 0 Å². The van der Waals surface area contributed by atoms with Gasteiger partial charge in [0.15, 0.2) is 0 Å². The van der Waals surface area contributed by atoms with Crippen molar-refractivity contribution in [3.8, 4) is 44.5 Å². The first-order chi connectivity index (χ1) is 23.3. The van der Waals surface area contributed by atoms with Crippen molar-refractivity contribution >= 4 is 11.4 Å². The summed E-state index contributed by atoms with van der Waals surface area (Å²) in [5, 5.41) is 3.79. The van der Waals surface area contributed by atoms with Crippen LogP contribution in [0.15, 0.2) is 146 Å². The van der Waals surface area contributed by atoms with Crippen LogP contribution in [0.1, 0.15) is 43.2 Å². The third-order valence-corrected chi connectivity index (χ3v) is 12.3. The Morgan fingerprint density at radius 2 is 0.915 bits per heavy atom. The SMILES string of the molecule is c1ccc(-c2ccc(Nc3ccccc3-c3ccccc3-c3cccc4c3C3(c5ccccc5-4)C4CC5CC(C4)CC3C5)cc2)cc1. The van der Waals surface area contributed by atoms with Crippen molar-refractivity contribution in [2.45, 2.75) is 37.5 Å². The molecule has 0 aromatic heterocycles. The van der Waals surface area contributed by atoms with Crippen LogP contribution in [0, 0.1) is 23.7 Å². The summed E-state index contributed by atoms with van der Waals surface area (Å²) in [6.07, 6.45) is 7.05. The third-order valence-electron chi connectivity index (χ3n) is 12.3. The molecule has 11 rings (SSSR count). The minimum absolute atomic E-state index is 0.126. The maximum atomic E-state index is 3.79. The zero-order chi connectivity index (χ0) is 31.0. The van der Waals surface area contributed by atoms with Crippen LogP contribution in [0.2, 0.25) is 0 Å². The van der Waals surface area contributed by atoms with Crippen LogP contribution in [0.5, 0.6) is 0 Å². The summed E-state index contributed by atoms with van der Waals surface area (Å²) in [7, 11) is 0. The lowest BCUT2D eigenvalue weighted by Crippen LogP contribution is -2.55. The van der Waals surface area contributed by atoms with E-state index in [1.807, 2.05) is 0 Å². The van der Waals surface area contributed by atoms with Crippen LogP contribution in [-0.2, 0) is 5.41 Å². The molecule has 6 aromatic carbocycles. The van der Waals surface area contributed by atoms with E-state index < -0.39 is 0 Å². The van der Waals surface area contributed by atoms with E-state index in [4.69, 9.17) is 0 Å². The summed E-state index contributed by atoms with van der Waals surface area (Å²) < 4.78 is 0. The van der Waals surface area contributed by atoms with Crippen molar-refractivity contribution in [2.24, 2.45) is 23.7 Å². The largest absolute Gasteiger partial charge is 0.355 e. The minimum Gasteiger partial charge on any atom is -0.355 e. The van der Waals surface area contributed by atoms with E-state index in [9.17, 15) is 0 Å². The van der Waals surface area contributed by atoms with Gasteiger partial charge in [-0.05, 0) is 124 Å². The zero-order valence-corrected chi connectivity index (χ0v) is 26.7. The molecule has 228 valence electrons. The summed E-state index contributed by atoms with van der Waals surface area (Å²) in [6, 6.07) is 54.1. The molecule has 0 radical (unpaired) electrons. The number of fused-ring (bicyclic) bond motifs is 3. The molecule has 1 heteroatoms. The number of anilines is 2. The monoisotopic (exact) mass is 605 g/mol. The second-order valence-corrected chi connectivity index (χ2v) is 14.6. The Morgan fingerprint density at radius 1 is 0.404 bits per heavy atom. The van der Waals surface area contributed by atoms with Gasteiger partial charge in [-0.15, -0.1) is 0 Å². The van der Waals surface area contributed by atoms with Crippen molar-refractivity contribution in [3.63, 3.8) is 0 Å². The lowest BCUT2D eigenvalue weighted by atomic mass is 9.42. The van der Waals surface area contributed by atoms with E-state index in [-0.39, 0.29) is 5.41 Å². The van der Waals surface area contributed by atoms with Gasteiger partial charge in [-0.2, -0.15) is 0 Å². The molecular formula is C46H39N. The standard InChI is InChI=1S/C46H39N/c1-2-11-32(12-3-1)33-21-23-36(24-22-33)47-44-20-9-7-16-40(44)37-13-4-5-14-38(37)41-17-10-18-42-39-15-6-8-19-43(39)46(45(41)42)34-26-30-25-31(28-34)29-35(46)27-30/h1-24,30-31,34-35,47H,25-29H2. The number of benzene rings is 6. The van der Waals surface area contributed by atoms with E-state index in [1.54, 1.807) is 11.1 Å². The van der Waals surface area contributed by atoms with Crippen LogP contribution in [0.4, 0.5) is 11.4 Å². The van der Waals surface area contributed by atoms with Crippen molar-refractivity contribution in [1.29, 1.82) is 0 Å². The molecule has 1 N–H and O–H groups in total. The molecule has 6 aromatic rings. The van der Waals surface area contributed by atoms with Gasteiger partial charge in [0, 0.05) is 22.4 Å². The van der Waals surface area contributed by atoms with E-state index in [0.29, 0.717) is 0 Å². The molecule has 0 atom stereocenters. The first-order valence-electron chi connectivity index (χ1n) is 17.6. The van der Waals surface area contributed by atoms with Gasteiger partial charge in [-0.25, -0.2) is 0 Å².